The largest absolute Gasteiger partial charge is 0.493 e. The molecule has 0 atom stereocenters. The number of unbranched alkanes of at least 4 members (excludes halogenated alkanes) is 3. The zero-order valence-electron chi connectivity index (χ0n) is 21.7. The molecule has 10 nitrogen and oxygen atoms in total. The third-order valence-electron chi connectivity index (χ3n) is 6.52. The number of aryl methyl sites for hydroxylation is 2. The Labute approximate surface area is 220 Å². The van der Waals surface area contributed by atoms with E-state index in [1.54, 1.807) is 9.13 Å². The number of hydrogen-bond acceptors (Lipinski definition) is 6. The maximum absolute atomic E-state index is 12.2. The SMILES string of the molecule is CCn1c(O)c(N=NC(=O)CCCCCCC(=O)N=Nc2c(O)n(CC)c3ccccc23)c2ccccc21. The summed E-state index contributed by atoms with van der Waals surface area (Å²) in [6.07, 6.45) is 3.26. The van der Waals surface area contributed by atoms with E-state index in [0.29, 0.717) is 37.3 Å². The highest BCUT2D eigenvalue weighted by Gasteiger charge is 2.16. The van der Waals surface area contributed by atoms with Gasteiger partial charge in [-0.3, -0.25) is 9.59 Å². The maximum atomic E-state index is 12.2. The van der Waals surface area contributed by atoms with Crippen molar-refractivity contribution in [1.82, 2.24) is 9.13 Å². The van der Waals surface area contributed by atoms with Crippen LogP contribution in [0.1, 0.15) is 52.4 Å². The highest BCUT2D eigenvalue weighted by Crippen LogP contribution is 2.39. The summed E-state index contributed by atoms with van der Waals surface area (Å²) in [4.78, 5) is 24.4. The molecule has 4 aromatic rings. The van der Waals surface area contributed by atoms with E-state index >= 15 is 0 Å². The van der Waals surface area contributed by atoms with E-state index in [2.05, 4.69) is 20.5 Å². The highest BCUT2D eigenvalue weighted by atomic mass is 16.3. The number of carbonyl (C=O) groups is 2. The van der Waals surface area contributed by atoms with Crippen LogP contribution < -0.4 is 0 Å². The number of aromatic hydroxyl groups is 2. The van der Waals surface area contributed by atoms with Gasteiger partial charge in [0, 0.05) is 36.7 Å². The molecule has 0 aliphatic carbocycles. The Bertz CT molecular complexity index is 1400. The molecule has 0 spiro atoms. The Kier molecular flexibility index (Phi) is 8.62. The molecule has 0 fully saturated rings. The molecule has 0 unspecified atom stereocenters. The van der Waals surface area contributed by atoms with Gasteiger partial charge in [0.2, 0.25) is 11.8 Å². The van der Waals surface area contributed by atoms with Gasteiger partial charge in [-0.25, -0.2) is 0 Å². The van der Waals surface area contributed by atoms with Crippen molar-refractivity contribution >= 4 is 45.0 Å². The first-order valence-electron chi connectivity index (χ1n) is 13.0. The van der Waals surface area contributed by atoms with Crippen molar-refractivity contribution in [3.8, 4) is 11.8 Å². The van der Waals surface area contributed by atoms with Gasteiger partial charge in [-0.1, -0.05) is 49.2 Å². The summed E-state index contributed by atoms with van der Waals surface area (Å²) in [7, 11) is 0. The van der Waals surface area contributed by atoms with Crippen LogP contribution in [0.3, 0.4) is 0 Å². The number of rotatable bonds is 11. The molecular weight excluding hydrogens is 484 g/mol. The summed E-state index contributed by atoms with van der Waals surface area (Å²) >= 11 is 0. The van der Waals surface area contributed by atoms with Crippen LogP contribution in [0, 0.1) is 0 Å². The van der Waals surface area contributed by atoms with Gasteiger partial charge in [0.15, 0.2) is 11.4 Å². The van der Waals surface area contributed by atoms with E-state index in [-0.39, 0.29) is 36.4 Å². The summed E-state index contributed by atoms with van der Waals surface area (Å²) in [6, 6.07) is 14.9. The molecule has 0 aliphatic heterocycles. The van der Waals surface area contributed by atoms with Crippen LogP contribution in [0.2, 0.25) is 0 Å². The van der Waals surface area contributed by atoms with Crippen molar-refractivity contribution < 1.29 is 19.8 Å². The van der Waals surface area contributed by atoms with Crippen molar-refractivity contribution in [2.24, 2.45) is 20.5 Å². The fourth-order valence-corrected chi connectivity index (χ4v) is 4.60. The molecule has 4 rings (SSSR count). The predicted octanol–water partition coefficient (Wildman–Crippen LogP) is 7.31. The number of hydrogen-bond donors (Lipinski definition) is 2. The van der Waals surface area contributed by atoms with E-state index in [0.717, 1.165) is 34.6 Å². The summed E-state index contributed by atoms with van der Waals surface area (Å²) in [6.45, 7) is 4.99. The number of para-hydroxylation sites is 2. The third-order valence-corrected chi connectivity index (χ3v) is 6.52. The zero-order chi connectivity index (χ0) is 27.1. The first kappa shape index (κ1) is 26.7. The third kappa shape index (κ3) is 5.64. The van der Waals surface area contributed by atoms with Gasteiger partial charge in [-0.2, -0.15) is 0 Å². The van der Waals surface area contributed by atoms with Crippen molar-refractivity contribution in [2.75, 3.05) is 0 Å². The minimum atomic E-state index is -0.353. The summed E-state index contributed by atoms with van der Waals surface area (Å²) < 4.78 is 3.45. The lowest BCUT2D eigenvalue weighted by Gasteiger charge is -2.01. The number of nitrogens with zero attached hydrogens (tertiary/aromatic N) is 6. The van der Waals surface area contributed by atoms with Crippen molar-refractivity contribution in [3.05, 3.63) is 48.5 Å². The molecule has 38 heavy (non-hydrogen) atoms. The first-order valence-corrected chi connectivity index (χ1v) is 13.0. The van der Waals surface area contributed by atoms with E-state index in [4.69, 9.17) is 0 Å². The number of benzene rings is 2. The van der Waals surface area contributed by atoms with Crippen LogP contribution in [0.5, 0.6) is 11.8 Å². The standard InChI is InChI=1S/C28H32N6O4/c1-3-33-21-15-11-9-13-19(21)25(27(33)37)31-29-23(35)17-7-5-6-8-18-24(36)30-32-26-20-14-10-12-16-22(20)34(4-2)28(26)38/h9-16,37-38H,3-8,17-18H2,1-2H3. The van der Waals surface area contributed by atoms with Crippen molar-refractivity contribution in [2.45, 2.75) is 65.5 Å². The smallest absolute Gasteiger partial charge is 0.264 e. The molecule has 2 heterocycles. The monoisotopic (exact) mass is 516 g/mol. The van der Waals surface area contributed by atoms with Crippen LogP contribution >= 0.6 is 0 Å². The lowest BCUT2D eigenvalue weighted by Crippen LogP contribution is -1.94. The Hall–Kier alpha value is -4.34. The van der Waals surface area contributed by atoms with E-state index in [9.17, 15) is 19.8 Å². The quantitative estimate of drug-likeness (QED) is 0.160. The predicted molar refractivity (Wildman–Crippen MR) is 145 cm³/mol. The van der Waals surface area contributed by atoms with Crippen LogP contribution in [-0.4, -0.2) is 31.2 Å². The molecule has 0 saturated carbocycles. The number of aromatic nitrogens is 2. The highest BCUT2D eigenvalue weighted by molar-refractivity contribution is 5.96. The number of fused-ring (bicyclic) bond motifs is 2. The Morgan fingerprint density at radius 2 is 1.05 bits per heavy atom. The average molecular weight is 517 g/mol. The van der Waals surface area contributed by atoms with Crippen LogP contribution in [0.4, 0.5) is 11.4 Å². The number of azo groups is 2. The Balaban J connectivity index is 1.21. The molecule has 2 aromatic heterocycles. The van der Waals surface area contributed by atoms with E-state index in [1.165, 1.54) is 0 Å². The average Bonchev–Trinajstić information content (AvgIpc) is 3.36. The number of amides is 2. The second kappa shape index (κ2) is 12.3. The first-order chi connectivity index (χ1) is 18.5. The number of carbonyl (C=O) groups excluding carboxylic acids is 2. The molecule has 0 radical (unpaired) electrons. The zero-order valence-corrected chi connectivity index (χ0v) is 21.7. The molecule has 2 amide bonds. The van der Waals surface area contributed by atoms with Crippen molar-refractivity contribution in [3.63, 3.8) is 0 Å². The fourth-order valence-electron chi connectivity index (χ4n) is 4.60. The molecule has 2 aromatic carbocycles. The lowest BCUT2D eigenvalue weighted by molar-refractivity contribution is -0.119. The van der Waals surface area contributed by atoms with Gasteiger partial charge < -0.3 is 19.3 Å². The molecular formula is C28H32N6O4. The molecule has 0 bridgehead atoms. The second-order valence-electron chi connectivity index (χ2n) is 8.97. The minimum Gasteiger partial charge on any atom is -0.493 e. The molecule has 0 aliphatic rings. The Morgan fingerprint density at radius 3 is 1.45 bits per heavy atom. The molecule has 198 valence electrons. The normalized spacial score (nSPS) is 11.9. The second-order valence-corrected chi connectivity index (χ2v) is 8.97. The summed E-state index contributed by atoms with van der Waals surface area (Å²) in [5, 5.41) is 38.1. The lowest BCUT2D eigenvalue weighted by atomic mass is 10.1. The Morgan fingerprint density at radius 1 is 0.658 bits per heavy atom. The van der Waals surface area contributed by atoms with E-state index in [1.807, 2.05) is 62.4 Å². The maximum Gasteiger partial charge on any atom is 0.264 e. The van der Waals surface area contributed by atoms with Crippen LogP contribution in [-0.2, 0) is 22.7 Å². The summed E-state index contributed by atoms with van der Waals surface area (Å²) in [5.41, 5.74) is 2.28. The van der Waals surface area contributed by atoms with Gasteiger partial charge in [-0.15, -0.1) is 20.5 Å². The van der Waals surface area contributed by atoms with Crippen LogP contribution in [0.15, 0.2) is 69.0 Å². The summed E-state index contributed by atoms with van der Waals surface area (Å²) in [5.74, 6) is -0.709. The van der Waals surface area contributed by atoms with Gasteiger partial charge in [0.1, 0.15) is 0 Å². The van der Waals surface area contributed by atoms with Gasteiger partial charge in [0.25, 0.3) is 11.8 Å². The van der Waals surface area contributed by atoms with Gasteiger partial charge in [0.05, 0.1) is 11.0 Å². The molecule has 2 N–H and O–H groups in total. The fraction of sp³-hybridized carbons (Fsp3) is 0.357. The van der Waals surface area contributed by atoms with Crippen molar-refractivity contribution in [1.29, 1.82) is 0 Å². The molecule has 10 heteroatoms. The topological polar surface area (TPSA) is 134 Å². The van der Waals surface area contributed by atoms with Gasteiger partial charge >= 0.3 is 0 Å². The van der Waals surface area contributed by atoms with Gasteiger partial charge in [-0.05, 0) is 38.8 Å². The van der Waals surface area contributed by atoms with E-state index < -0.39 is 0 Å². The molecule has 0 saturated heterocycles. The van der Waals surface area contributed by atoms with Crippen LogP contribution in [0.25, 0.3) is 21.8 Å². The minimum absolute atomic E-state index is 0.00148.